The van der Waals surface area contributed by atoms with Crippen molar-refractivity contribution in [3.05, 3.63) is 29.3 Å². The topological polar surface area (TPSA) is 20.2 Å². The number of aliphatic hydroxyl groups is 1. The maximum absolute atomic E-state index is 9.32. The van der Waals surface area contributed by atoms with Crippen molar-refractivity contribution in [3.8, 4) is 0 Å². The number of hydrogen-bond acceptors (Lipinski definition) is 3. The first-order valence-electron chi connectivity index (χ1n) is 4.43. The van der Waals surface area contributed by atoms with E-state index in [0.717, 1.165) is 5.56 Å². The van der Waals surface area contributed by atoms with Gasteiger partial charge in [0.1, 0.15) is 0 Å². The summed E-state index contributed by atoms with van der Waals surface area (Å²) in [7, 11) is 0. The van der Waals surface area contributed by atoms with E-state index in [2.05, 4.69) is 31.4 Å². The smallest absolute Gasteiger partial charge is 0.0707 e. The highest BCUT2D eigenvalue weighted by Gasteiger charge is 2.10. The van der Waals surface area contributed by atoms with E-state index in [1.165, 1.54) is 19.9 Å². The second-order valence-electron chi connectivity index (χ2n) is 3.23. The Balaban J connectivity index is 2.74. The molecular formula is C11H12OS2. The number of hydrogen-bond donors (Lipinski definition) is 1. The molecule has 0 spiro atoms. The summed E-state index contributed by atoms with van der Waals surface area (Å²) in [5.41, 5.74) is 2.33. The van der Waals surface area contributed by atoms with Crippen molar-refractivity contribution in [3.63, 3.8) is 0 Å². The Labute approximate surface area is 91.8 Å². The zero-order valence-corrected chi connectivity index (χ0v) is 9.84. The minimum atomic E-state index is 0.139. The second-order valence-corrected chi connectivity index (χ2v) is 5.36. The summed E-state index contributed by atoms with van der Waals surface area (Å²) in [4.78, 5) is 0. The maximum Gasteiger partial charge on any atom is 0.0707 e. The van der Waals surface area contributed by atoms with E-state index in [1.54, 1.807) is 23.1 Å². The van der Waals surface area contributed by atoms with Crippen molar-refractivity contribution >= 4 is 33.2 Å². The molecule has 0 saturated heterocycles. The van der Waals surface area contributed by atoms with E-state index < -0.39 is 0 Å². The van der Waals surface area contributed by atoms with Gasteiger partial charge in [-0.15, -0.1) is 23.1 Å². The van der Waals surface area contributed by atoms with Crippen molar-refractivity contribution in [1.29, 1.82) is 0 Å². The predicted molar refractivity (Wildman–Crippen MR) is 64.3 cm³/mol. The molecule has 74 valence electrons. The van der Waals surface area contributed by atoms with Gasteiger partial charge in [-0.3, -0.25) is 0 Å². The fourth-order valence-corrected chi connectivity index (χ4v) is 3.50. The molecule has 0 aliphatic rings. The van der Waals surface area contributed by atoms with Crippen molar-refractivity contribution in [1.82, 2.24) is 0 Å². The van der Waals surface area contributed by atoms with Crippen molar-refractivity contribution in [2.24, 2.45) is 0 Å². The molecule has 1 nitrogen and oxygen atoms in total. The third-order valence-electron chi connectivity index (χ3n) is 2.25. The quantitative estimate of drug-likeness (QED) is 0.789. The Morgan fingerprint density at radius 3 is 2.86 bits per heavy atom. The summed E-state index contributed by atoms with van der Waals surface area (Å²) in [6.45, 7) is 2.22. The third kappa shape index (κ3) is 1.56. The average Bonchev–Trinajstić information content (AvgIpc) is 2.54. The molecule has 0 amide bonds. The molecule has 1 N–H and O–H groups in total. The zero-order valence-electron chi connectivity index (χ0n) is 8.20. The maximum atomic E-state index is 9.32. The van der Waals surface area contributed by atoms with E-state index in [4.69, 9.17) is 0 Å². The highest BCUT2D eigenvalue weighted by Crippen LogP contribution is 2.37. The number of fused-ring (bicyclic) bond motifs is 1. The fraction of sp³-hybridized carbons (Fsp3) is 0.273. The number of rotatable bonds is 2. The van der Waals surface area contributed by atoms with Gasteiger partial charge in [-0.25, -0.2) is 0 Å². The Bertz CT molecular complexity index is 460. The van der Waals surface area contributed by atoms with Gasteiger partial charge < -0.3 is 5.11 Å². The normalized spacial score (nSPS) is 11.1. The molecule has 2 rings (SSSR count). The van der Waals surface area contributed by atoms with Crippen LogP contribution in [0.1, 0.15) is 11.1 Å². The molecule has 14 heavy (non-hydrogen) atoms. The SMILES string of the molecule is CSc1sc2ccc(C)cc2c1CO. The van der Waals surface area contributed by atoms with E-state index in [1.807, 2.05) is 0 Å². The van der Waals surface area contributed by atoms with Crippen LogP contribution < -0.4 is 0 Å². The van der Waals surface area contributed by atoms with Crippen LogP contribution in [0.15, 0.2) is 22.4 Å². The molecule has 3 heteroatoms. The average molecular weight is 224 g/mol. The molecule has 0 fully saturated rings. The molecule has 0 radical (unpaired) electrons. The van der Waals surface area contributed by atoms with Crippen molar-refractivity contribution in [2.45, 2.75) is 17.7 Å². The number of thioether (sulfide) groups is 1. The van der Waals surface area contributed by atoms with Crippen LogP contribution in [0.4, 0.5) is 0 Å². The summed E-state index contributed by atoms with van der Waals surface area (Å²) in [5.74, 6) is 0. The zero-order chi connectivity index (χ0) is 10.1. The summed E-state index contributed by atoms with van der Waals surface area (Å²) < 4.78 is 2.50. The minimum Gasteiger partial charge on any atom is -0.392 e. The number of thiophene rings is 1. The monoisotopic (exact) mass is 224 g/mol. The molecule has 2 aromatic rings. The molecule has 1 aromatic carbocycles. The van der Waals surface area contributed by atoms with Crippen molar-refractivity contribution in [2.75, 3.05) is 6.26 Å². The summed E-state index contributed by atoms with van der Waals surface area (Å²) in [6.07, 6.45) is 2.05. The lowest BCUT2D eigenvalue weighted by atomic mass is 10.1. The van der Waals surface area contributed by atoms with E-state index in [9.17, 15) is 5.11 Å². The van der Waals surface area contributed by atoms with Gasteiger partial charge in [0.2, 0.25) is 0 Å². The van der Waals surface area contributed by atoms with Crippen LogP contribution in [0, 0.1) is 6.92 Å². The lowest BCUT2D eigenvalue weighted by molar-refractivity contribution is 0.281. The van der Waals surface area contributed by atoms with Crippen LogP contribution in [0.3, 0.4) is 0 Å². The molecular weight excluding hydrogens is 212 g/mol. The molecule has 0 bridgehead atoms. The van der Waals surface area contributed by atoms with Crippen LogP contribution in [0.25, 0.3) is 10.1 Å². The van der Waals surface area contributed by atoms with Gasteiger partial charge in [0.05, 0.1) is 10.8 Å². The Kier molecular flexibility index (Phi) is 2.81. The Morgan fingerprint density at radius 2 is 2.21 bits per heavy atom. The lowest BCUT2D eigenvalue weighted by Crippen LogP contribution is -1.82. The first kappa shape index (κ1) is 10.0. The number of aliphatic hydroxyl groups excluding tert-OH is 1. The first-order chi connectivity index (χ1) is 6.76. The molecule has 0 unspecified atom stereocenters. The van der Waals surface area contributed by atoms with Crippen LogP contribution in [0.5, 0.6) is 0 Å². The number of benzene rings is 1. The molecule has 1 heterocycles. The summed E-state index contributed by atoms with van der Waals surface area (Å²) in [5, 5.41) is 10.5. The van der Waals surface area contributed by atoms with Gasteiger partial charge in [0.15, 0.2) is 0 Å². The van der Waals surface area contributed by atoms with Gasteiger partial charge in [-0.2, -0.15) is 0 Å². The third-order valence-corrected chi connectivity index (χ3v) is 4.63. The molecule has 0 aliphatic carbocycles. The lowest BCUT2D eigenvalue weighted by Gasteiger charge is -1.97. The standard InChI is InChI=1S/C11H12OS2/c1-7-3-4-10-8(5-7)9(6-12)11(13-2)14-10/h3-5,12H,6H2,1-2H3. The van der Waals surface area contributed by atoms with Crippen LogP contribution in [-0.2, 0) is 6.61 Å². The molecule has 0 aliphatic heterocycles. The molecule has 0 saturated carbocycles. The minimum absolute atomic E-state index is 0.139. The van der Waals surface area contributed by atoms with E-state index in [-0.39, 0.29) is 6.61 Å². The molecule has 0 atom stereocenters. The van der Waals surface area contributed by atoms with Gasteiger partial charge in [-0.05, 0) is 24.6 Å². The Morgan fingerprint density at radius 1 is 1.43 bits per heavy atom. The van der Waals surface area contributed by atoms with Crippen LogP contribution >= 0.6 is 23.1 Å². The highest BCUT2D eigenvalue weighted by atomic mass is 32.2. The van der Waals surface area contributed by atoms with E-state index >= 15 is 0 Å². The summed E-state index contributed by atoms with van der Waals surface area (Å²) >= 11 is 3.47. The Hall–Kier alpha value is -0.510. The molecule has 1 aromatic heterocycles. The van der Waals surface area contributed by atoms with Gasteiger partial charge in [0.25, 0.3) is 0 Å². The predicted octanol–water partition coefficient (Wildman–Crippen LogP) is 3.42. The largest absolute Gasteiger partial charge is 0.392 e. The number of aryl methyl sites for hydroxylation is 1. The van der Waals surface area contributed by atoms with Gasteiger partial charge in [-0.1, -0.05) is 17.7 Å². The highest BCUT2D eigenvalue weighted by molar-refractivity contribution is 8.00. The first-order valence-corrected chi connectivity index (χ1v) is 6.47. The van der Waals surface area contributed by atoms with Crippen molar-refractivity contribution < 1.29 is 5.11 Å². The summed E-state index contributed by atoms with van der Waals surface area (Å²) in [6, 6.07) is 6.40. The van der Waals surface area contributed by atoms with Crippen LogP contribution in [-0.4, -0.2) is 11.4 Å². The fourth-order valence-electron chi connectivity index (χ4n) is 1.55. The van der Waals surface area contributed by atoms with E-state index in [0.29, 0.717) is 0 Å². The van der Waals surface area contributed by atoms with Gasteiger partial charge >= 0.3 is 0 Å². The second kappa shape index (κ2) is 3.93. The van der Waals surface area contributed by atoms with Gasteiger partial charge in [0, 0.05) is 10.3 Å². The van der Waals surface area contributed by atoms with Crippen LogP contribution in [0.2, 0.25) is 0 Å².